The monoisotopic (exact) mass is 318 g/mol. The molecule has 1 saturated carbocycles. The Bertz CT molecular complexity index is 584. The van der Waals surface area contributed by atoms with E-state index in [0.717, 1.165) is 12.3 Å². The van der Waals surface area contributed by atoms with Crippen LogP contribution in [0.2, 0.25) is 0 Å². The van der Waals surface area contributed by atoms with E-state index in [-0.39, 0.29) is 17.8 Å². The number of amides is 1. The van der Waals surface area contributed by atoms with E-state index in [1.54, 1.807) is 12.1 Å². The van der Waals surface area contributed by atoms with Crippen LogP contribution in [0.1, 0.15) is 19.3 Å². The van der Waals surface area contributed by atoms with Gasteiger partial charge in [0.1, 0.15) is 11.9 Å². The maximum absolute atomic E-state index is 13.9. The Morgan fingerprint density at radius 3 is 2.52 bits per heavy atom. The summed E-state index contributed by atoms with van der Waals surface area (Å²) >= 11 is 0. The van der Waals surface area contributed by atoms with E-state index >= 15 is 0 Å². The summed E-state index contributed by atoms with van der Waals surface area (Å²) in [6.07, 6.45) is 3.44. The highest BCUT2D eigenvalue weighted by Gasteiger charge is 2.40. The van der Waals surface area contributed by atoms with Gasteiger partial charge in [-0.25, -0.2) is 9.82 Å². The normalized spacial score (nSPS) is 28.2. The van der Waals surface area contributed by atoms with Crippen LogP contribution in [-0.4, -0.2) is 49.1 Å². The molecule has 2 unspecified atom stereocenters. The molecule has 2 atom stereocenters. The molecule has 2 N–H and O–H groups in total. The molecule has 0 aromatic heterocycles. The summed E-state index contributed by atoms with van der Waals surface area (Å²) in [5, 5.41) is 0. The van der Waals surface area contributed by atoms with Crippen LogP contribution in [0.3, 0.4) is 0 Å². The van der Waals surface area contributed by atoms with Crippen LogP contribution in [0, 0.1) is 11.7 Å². The molecule has 5 nitrogen and oxygen atoms in total. The van der Waals surface area contributed by atoms with Crippen molar-refractivity contribution in [1.29, 1.82) is 0 Å². The highest BCUT2D eigenvalue weighted by Crippen LogP contribution is 2.35. The Labute approximate surface area is 135 Å². The first-order chi connectivity index (χ1) is 11.2. The van der Waals surface area contributed by atoms with E-state index in [0.29, 0.717) is 37.9 Å². The summed E-state index contributed by atoms with van der Waals surface area (Å²) in [6, 6.07) is 7.17. The van der Waals surface area contributed by atoms with Crippen molar-refractivity contribution in [3.8, 4) is 0 Å². The molecule has 2 aliphatic heterocycles. The van der Waals surface area contributed by atoms with Gasteiger partial charge in [-0.3, -0.25) is 10.2 Å². The molecule has 1 aliphatic carbocycles. The smallest absolute Gasteiger partial charge is 0.241 e. The van der Waals surface area contributed by atoms with E-state index in [1.165, 1.54) is 18.9 Å². The predicted octanol–water partition coefficient (Wildman–Crippen LogP) is 1.12. The van der Waals surface area contributed by atoms with Gasteiger partial charge in [0.25, 0.3) is 0 Å². The van der Waals surface area contributed by atoms with Crippen molar-refractivity contribution < 1.29 is 9.18 Å². The quantitative estimate of drug-likeness (QED) is 0.877. The number of carbonyl (C=O) groups is 1. The predicted molar refractivity (Wildman–Crippen MR) is 86.4 cm³/mol. The van der Waals surface area contributed by atoms with Crippen molar-refractivity contribution in [2.45, 2.75) is 31.3 Å². The maximum atomic E-state index is 13.9. The Kier molecular flexibility index (Phi) is 3.95. The van der Waals surface area contributed by atoms with Crippen molar-refractivity contribution in [2.24, 2.45) is 5.92 Å². The van der Waals surface area contributed by atoms with E-state index < -0.39 is 0 Å². The summed E-state index contributed by atoms with van der Waals surface area (Å²) in [5.41, 5.74) is 7.07. The summed E-state index contributed by atoms with van der Waals surface area (Å²) in [5.74, 6) is 0.730. The van der Waals surface area contributed by atoms with Gasteiger partial charge in [0.05, 0.1) is 5.69 Å². The fourth-order valence-corrected chi connectivity index (χ4v) is 3.65. The zero-order chi connectivity index (χ0) is 15.8. The first-order valence-electron chi connectivity index (χ1n) is 8.51. The van der Waals surface area contributed by atoms with Gasteiger partial charge >= 0.3 is 0 Å². The molecule has 2 heterocycles. The van der Waals surface area contributed by atoms with E-state index in [4.69, 9.17) is 0 Å². The van der Waals surface area contributed by atoms with Gasteiger partial charge < -0.3 is 9.80 Å². The van der Waals surface area contributed by atoms with E-state index in [9.17, 15) is 9.18 Å². The highest BCUT2D eigenvalue weighted by atomic mass is 19.1. The number of hydrogen-bond acceptors (Lipinski definition) is 4. The zero-order valence-electron chi connectivity index (χ0n) is 13.2. The topological polar surface area (TPSA) is 47.6 Å². The Morgan fingerprint density at radius 1 is 1.09 bits per heavy atom. The molecule has 1 aromatic rings. The van der Waals surface area contributed by atoms with E-state index in [2.05, 4.69) is 10.9 Å². The fourth-order valence-electron chi connectivity index (χ4n) is 3.65. The molecule has 0 radical (unpaired) electrons. The summed E-state index contributed by atoms with van der Waals surface area (Å²) in [7, 11) is 0. The fraction of sp³-hybridized carbons (Fsp3) is 0.588. The highest BCUT2D eigenvalue weighted by molar-refractivity contribution is 5.82. The number of hydrazine groups is 1. The number of hydrogen-bond donors (Lipinski definition) is 2. The van der Waals surface area contributed by atoms with E-state index in [1.807, 2.05) is 15.9 Å². The lowest BCUT2D eigenvalue weighted by Gasteiger charge is -2.37. The third-order valence-electron chi connectivity index (χ3n) is 5.21. The zero-order valence-corrected chi connectivity index (χ0v) is 13.2. The van der Waals surface area contributed by atoms with Crippen LogP contribution in [0.4, 0.5) is 10.1 Å². The van der Waals surface area contributed by atoms with Crippen LogP contribution >= 0.6 is 0 Å². The molecule has 0 bridgehead atoms. The second-order valence-electron chi connectivity index (χ2n) is 6.78. The minimum atomic E-state index is -0.193. The molecular formula is C17H23FN4O. The second-order valence-corrected chi connectivity index (χ2v) is 6.78. The number of benzene rings is 1. The molecule has 124 valence electrons. The third kappa shape index (κ3) is 3.05. The second kappa shape index (κ2) is 6.09. The minimum absolute atomic E-state index is 0.111. The number of nitrogens with zero attached hydrogens (tertiary/aromatic N) is 2. The molecule has 4 rings (SSSR count). The van der Waals surface area contributed by atoms with Crippen LogP contribution < -0.4 is 15.8 Å². The van der Waals surface area contributed by atoms with Crippen LogP contribution in [-0.2, 0) is 4.79 Å². The maximum Gasteiger partial charge on any atom is 0.241 e. The average molecular weight is 318 g/mol. The van der Waals surface area contributed by atoms with Crippen molar-refractivity contribution in [1.82, 2.24) is 15.8 Å². The van der Waals surface area contributed by atoms with Gasteiger partial charge in [0.15, 0.2) is 0 Å². The lowest BCUT2D eigenvalue weighted by molar-refractivity contribution is -0.133. The van der Waals surface area contributed by atoms with Gasteiger partial charge in [-0.15, -0.1) is 0 Å². The molecule has 3 fully saturated rings. The summed E-state index contributed by atoms with van der Waals surface area (Å²) < 4.78 is 13.9. The molecule has 2 saturated heterocycles. The van der Waals surface area contributed by atoms with Crippen molar-refractivity contribution in [3.63, 3.8) is 0 Å². The lowest BCUT2D eigenvalue weighted by Crippen LogP contribution is -2.53. The van der Waals surface area contributed by atoms with Gasteiger partial charge in [-0.2, -0.15) is 0 Å². The van der Waals surface area contributed by atoms with Crippen molar-refractivity contribution >= 4 is 11.6 Å². The molecule has 1 aromatic carbocycles. The Morgan fingerprint density at radius 2 is 1.83 bits per heavy atom. The largest absolute Gasteiger partial charge is 0.366 e. The van der Waals surface area contributed by atoms with Gasteiger partial charge in [0.2, 0.25) is 5.91 Å². The van der Waals surface area contributed by atoms with Crippen LogP contribution in [0.25, 0.3) is 0 Å². The van der Waals surface area contributed by atoms with Gasteiger partial charge in [0, 0.05) is 32.2 Å². The van der Waals surface area contributed by atoms with Crippen molar-refractivity contribution in [2.75, 3.05) is 31.1 Å². The number of piperazine rings is 1. The number of para-hydroxylation sites is 1. The summed E-state index contributed by atoms with van der Waals surface area (Å²) in [4.78, 5) is 16.6. The minimum Gasteiger partial charge on any atom is -0.366 e. The Hall–Kier alpha value is -1.66. The molecule has 3 aliphatic rings. The van der Waals surface area contributed by atoms with Crippen molar-refractivity contribution in [3.05, 3.63) is 30.1 Å². The molecule has 23 heavy (non-hydrogen) atoms. The number of halogens is 1. The third-order valence-corrected chi connectivity index (χ3v) is 5.21. The Balaban J connectivity index is 1.32. The lowest BCUT2D eigenvalue weighted by atomic mass is 10.1. The van der Waals surface area contributed by atoms with Gasteiger partial charge in [-0.1, -0.05) is 12.1 Å². The number of nitrogens with one attached hydrogen (secondary N) is 2. The first kappa shape index (κ1) is 14.9. The SMILES string of the molecule is O=C(C1CC(C2CC2)NN1)N1CCN(c2ccccc2F)CC1. The molecular weight excluding hydrogens is 295 g/mol. The van der Waals surface area contributed by atoms with Crippen LogP contribution in [0.5, 0.6) is 0 Å². The molecule has 1 amide bonds. The number of anilines is 1. The number of carbonyl (C=O) groups excluding carboxylic acids is 1. The van der Waals surface area contributed by atoms with Gasteiger partial charge in [-0.05, 0) is 37.3 Å². The molecule has 6 heteroatoms. The summed E-state index contributed by atoms with van der Waals surface area (Å²) in [6.45, 7) is 2.66. The standard InChI is InChI=1S/C17H23FN4O/c18-13-3-1-2-4-16(13)21-7-9-22(10-8-21)17(23)15-11-14(19-20-15)12-5-6-12/h1-4,12,14-15,19-20H,5-11H2. The molecule has 0 spiro atoms. The average Bonchev–Trinajstić information content (AvgIpc) is 3.32. The van der Waals surface area contributed by atoms with Crippen LogP contribution in [0.15, 0.2) is 24.3 Å². The first-order valence-corrected chi connectivity index (χ1v) is 8.51. The number of rotatable bonds is 3.